The third-order valence-electron chi connectivity index (χ3n) is 6.91. The molecule has 0 aliphatic carbocycles. The first-order valence-corrected chi connectivity index (χ1v) is 19.2. The van der Waals surface area contributed by atoms with Crippen molar-refractivity contribution in [2.45, 2.75) is 39.5 Å². The van der Waals surface area contributed by atoms with Crippen LogP contribution in [0.5, 0.6) is 5.75 Å². The number of nitrogens with one attached hydrogen (secondary N) is 1. The van der Waals surface area contributed by atoms with E-state index in [-0.39, 0.29) is 5.91 Å². The summed E-state index contributed by atoms with van der Waals surface area (Å²) in [7, 11) is 0. The van der Waals surface area contributed by atoms with Gasteiger partial charge >= 0.3 is 0 Å². The molecule has 1 aromatic rings. The molecular formula is C38H69NO14. The van der Waals surface area contributed by atoms with Crippen molar-refractivity contribution in [2.24, 2.45) is 0 Å². The van der Waals surface area contributed by atoms with Crippen LogP contribution in [0.4, 0.5) is 5.69 Å². The van der Waals surface area contributed by atoms with E-state index in [9.17, 15) is 4.79 Å². The monoisotopic (exact) mass is 763 g/mol. The summed E-state index contributed by atoms with van der Waals surface area (Å²) < 4.78 is 71.6. The second kappa shape index (κ2) is 41.2. The molecule has 1 N–H and O–H groups in total. The molecule has 15 nitrogen and oxygen atoms in total. The Hall–Kier alpha value is -1.99. The van der Waals surface area contributed by atoms with Gasteiger partial charge in [0.25, 0.3) is 0 Å². The average molecular weight is 764 g/mol. The second-order valence-corrected chi connectivity index (χ2v) is 11.5. The van der Waals surface area contributed by atoms with Crippen molar-refractivity contribution >= 4 is 11.6 Å². The van der Waals surface area contributed by atoms with Gasteiger partial charge in [0.05, 0.1) is 152 Å². The van der Waals surface area contributed by atoms with Gasteiger partial charge in [-0.2, -0.15) is 0 Å². The van der Waals surface area contributed by atoms with Crippen LogP contribution in [-0.4, -0.2) is 171 Å². The average Bonchev–Trinajstić information content (AvgIpc) is 3.16. The lowest BCUT2D eigenvalue weighted by molar-refractivity contribution is -0.114. The normalized spacial score (nSPS) is 11.4. The number of rotatable bonds is 43. The fourth-order valence-electron chi connectivity index (χ4n) is 4.21. The molecule has 0 heterocycles. The predicted molar refractivity (Wildman–Crippen MR) is 200 cm³/mol. The molecule has 1 rings (SSSR count). The van der Waals surface area contributed by atoms with Crippen molar-refractivity contribution in [2.75, 3.05) is 170 Å². The van der Waals surface area contributed by atoms with E-state index < -0.39 is 0 Å². The molecule has 0 unspecified atom stereocenters. The topological polar surface area (TPSA) is 149 Å². The zero-order chi connectivity index (χ0) is 38.0. The van der Waals surface area contributed by atoms with Crippen molar-refractivity contribution in [3.05, 3.63) is 24.3 Å². The minimum Gasteiger partial charge on any atom is -0.491 e. The van der Waals surface area contributed by atoms with Crippen LogP contribution in [0, 0.1) is 0 Å². The van der Waals surface area contributed by atoms with Gasteiger partial charge in [-0.25, -0.2) is 0 Å². The molecule has 0 saturated heterocycles. The number of hydrogen-bond acceptors (Lipinski definition) is 14. The SMILES string of the molecule is CCCCCCOCCOCCOCCOCCOCCOCCOCCOCCOCCOCCOCCOCCOc1ccc(NC(C)=O)cc1. The number of carbonyl (C=O) groups excluding carboxylic acids is 1. The van der Waals surface area contributed by atoms with Crippen LogP contribution in [0.25, 0.3) is 0 Å². The highest BCUT2D eigenvalue weighted by atomic mass is 16.6. The van der Waals surface area contributed by atoms with Crippen LogP contribution in [-0.2, 0) is 61.6 Å². The van der Waals surface area contributed by atoms with E-state index in [4.69, 9.17) is 61.6 Å². The van der Waals surface area contributed by atoms with Crippen molar-refractivity contribution in [3.8, 4) is 5.75 Å². The maximum atomic E-state index is 11.0. The molecule has 0 spiro atoms. The molecule has 15 heteroatoms. The van der Waals surface area contributed by atoms with Gasteiger partial charge in [0, 0.05) is 19.2 Å². The Morgan fingerprint density at radius 1 is 0.396 bits per heavy atom. The van der Waals surface area contributed by atoms with Crippen molar-refractivity contribution < 1.29 is 66.4 Å². The number of anilines is 1. The fourth-order valence-corrected chi connectivity index (χ4v) is 4.21. The number of hydrogen-bond donors (Lipinski definition) is 1. The highest BCUT2D eigenvalue weighted by molar-refractivity contribution is 5.88. The van der Waals surface area contributed by atoms with E-state index >= 15 is 0 Å². The maximum Gasteiger partial charge on any atom is 0.221 e. The van der Waals surface area contributed by atoms with Crippen LogP contribution in [0.15, 0.2) is 24.3 Å². The number of benzene rings is 1. The van der Waals surface area contributed by atoms with E-state index in [1.54, 1.807) is 24.3 Å². The molecular weight excluding hydrogens is 694 g/mol. The summed E-state index contributed by atoms with van der Waals surface area (Å²) in [6.45, 7) is 16.8. The van der Waals surface area contributed by atoms with Gasteiger partial charge in [0.1, 0.15) is 12.4 Å². The van der Waals surface area contributed by atoms with Crippen LogP contribution in [0.3, 0.4) is 0 Å². The summed E-state index contributed by atoms with van der Waals surface area (Å²) in [5.74, 6) is 0.608. The zero-order valence-electron chi connectivity index (χ0n) is 32.5. The number of ether oxygens (including phenoxy) is 13. The Morgan fingerprint density at radius 3 is 0.962 bits per heavy atom. The third kappa shape index (κ3) is 38.1. The molecule has 0 aliphatic rings. The highest BCUT2D eigenvalue weighted by Gasteiger charge is 1.99. The maximum absolute atomic E-state index is 11.0. The Bertz CT molecular complexity index is 883. The molecule has 0 bridgehead atoms. The molecule has 0 saturated carbocycles. The third-order valence-corrected chi connectivity index (χ3v) is 6.91. The summed E-state index contributed by atoms with van der Waals surface area (Å²) in [6.07, 6.45) is 4.88. The van der Waals surface area contributed by atoms with E-state index in [2.05, 4.69) is 12.2 Å². The fraction of sp³-hybridized carbons (Fsp3) is 0.816. The van der Waals surface area contributed by atoms with Gasteiger partial charge in [-0.1, -0.05) is 26.2 Å². The van der Waals surface area contributed by atoms with Gasteiger partial charge in [0.15, 0.2) is 0 Å². The van der Waals surface area contributed by atoms with Crippen LogP contribution in [0.2, 0.25) is 0 Å². The lowest BCUT2D eigenvalue weighted by atomic mass is 10.2. The molecule has 0 radical (unpaired) electrons. The smallest absolute Gasteiger partial charge is 0.221 e. The quantitative estimate of drug-likeness (QED) is 0.0962. The molecule has 310 valence electrons. The van der Waals surface area contributed by atoms with E-state index in [1.807, 2.05) is 0 Å². The Balaban J connectivity index is 1.64. The summed E-state index contributed by atoms with van der Waals surface area (Å²) in [4.78, 5) is 11.0. The zero-order valence-corrected chi connectivity index (χ0v) is 32.5. The standard InChI is InChI=1S/C38H69NO14/c1-3-4-5-6-11-41-12-13-42-14-15-43-16-17-44-18-19-45-20-21-46-22-23-47-24-25-48-26-27-49-28-29-50-30-31-51-32-33-52-34-35-53-38-9-7-37(8-10-38)39-36(2)40/h7-10H,3-6,11-35H2,1-2H3,(H,39,40). The molecule has 1 amide bonds. The van der Waals surface area contributed by atoms with Crippen LogP contribution < -0.4 is 10.1 Å². The van der Waals surface area contributed by atoms with Crippen molar-refractivity contribution in [3.63, 3.8) is 0 Å². The predicted octanol–water partition coefficient (Wildman–Crippen LogP) is 3.80. The first kappa shape index (κ1) is 49.0. The highest BCUT2D eigenvalue weighted by Crippen LogP contribution is 2.15. The first-order chi connectivity index (χ1) is 26.2. The van der Waals surface area contributed by atoms with Gasteiger partial charge in [-0.3, -0.25) is 4.79 Å². The van der Waals surface area contributed by atoms with Gasteiger partial charge in [-0.05, 0) is 30.7 Å². The van der Waals surface area contributed by atoms with E-state index in [0.717, 1.165) is 18.7 Å². The molecule has 1 aromatic carbocycles. The molecule has 0 atom stereocenters. The molecule has 0 fully saturated rings. The van der Waals surface area contributed by atoms with Gasteiger partial charge in [0.2, 0.25) is 5.91 Å². The Morgan fingerprint density at radius 2 is 0.679 bits per heavy atom. The number of carbonyl (C=O) groups is 1. The molecule has 53 heavy (non-hydrogen) atoms. The summed E-state index contributed by atoms with van der Waals surface area (Å²) in [5.41, 5.74) is 0.731. The number of unbranched alkanes of at least 4 members (excludes halogenated alkanes) is 3. The second-order valence-electron chi connectivity index (χ2n) is 11.5. The number of amides is 1. The van der Waals surface area contributed by atoms with Crippen LogP contribution >= 0.6 is 0 Å². The van der Waals surface area contributed by atoms with Crippen molar-refractivity contribution in [1.82, 2.24) is 0 Å². The largest absolute Gasteiger partial charge is 0.491 e. The van der Waals surface area contributed by atoms with Gasteiger partial charge < -0.3 is 66.9 Å². The first-order valence-electron chi connectivity index (χ1n) is 19.2. The van der Waals surface area contributed by atoms with Crippen LogP contribution in [0.1, 0.15) is 39.5 Å². The van der Waals surface area contributed by atoms with E-state index in [0.29, 0.717) is 164 Å². The lowest BCUT2D eigenvalue weighted by Crippen LogP contribution is -2.15. The minimum absolute atomic E-state index is 0.108. The van der Waals surface area contributed by atoms with Gasteiger partial charge in [-0.15, -0.1) is 0 Å². The summed E-state index contributed by atoms with van der Waals surface area (Å²) in [5, 5.41) is 2.71. The Kier molecular flexibility index (Phi) is 38.1. The summed E-state index contributed by atoms with van der Waals surface area (Å²) >= 11 is 0. The lowest BCUT2D eigenvalue weighted by Gasteiger charge is -2.09. The molecule has 0 aliphatic heterocycles. The summed E-state index contributed by atoms with van der Waals surface area (Å²) in [6, 6.07) is 7.18. The minimum atomic E-state index is -0.108. The molecule has 0 aromatic heterocycles. The van der Waals surface area contributed by atoms with E-state index in [1.165, 1.54) is 26.2 Å². The Labute approximate surface area is 317 Å². The van der Waals surface area contributed by atoms with Crippen molar-refractivity contribution in [1.29, 1.82) is 0 Å².